The van der Waals surface area contributed by atoms with E-state index in [1.54, 1.807) is 32.4 Å². The predicted octanol–water partition coefficient (Wildman–Crippen LogP) is 3.69. The zero-order valence-electron chi connectivity index (χ0n) is 18.1. The number of nitrogens with zero attached hydrogens (tertiary/aromatic N) is 3. The SMILES string of the molecule is COc1ccc(-c2cc3c(=O)[nH]nc(SCC(=O)c4ccc(C)cc4C)n3n2)cc1OC. The fraction of sp³-hybridized carbons (Fsp3) is 0.217. The number of aromatic nitrogens is 4. The fourth-order valence-electron chi connectivity index (χ4n) is 3.46. The Morgan fingerprint density at radius 3 is 2.56 bits per heavy atom. The molecule has 9 heteroatoms. The summed E-state index contributed by atoms with van der Waals surface area (Å²) in [4.78, 5) is 25.1. The molecule has 32 heavy (non-hydrogen) atoms. The molecule has 0 amide bonds. The summed E-state index contributed by atoms with van der Waals surface area (Å²) in [6.07, 6.45) is 0. The van der Waals surface area contributed by atoms with Gasteiger partial charge in [-0.25, -0.2) is 9.61 Å². The van der Waals surface area contributed by atoms with E-state index < -0.39 is 0 Å². The summed E-state index contributed by atoms with van der Waals surface area (Å²) in [6, 6.07) is 12.8. The Morgan fingerprint density at radius 1 is 1.06 bits per heavy atom. The number of ether oxygens (including phenoxy) is 2. The van der Waals surface area contributed by atoms with Crippen molar-refractivity contribution in [1.29, 1.82) is 0 Å². The van der Waals surface area contributed by atoms with Crippen LogP contribution in [0.4, 0.5) is 0 Å². The number of aryl methyl sites for hydroxylation is 2. The number of thioether (sulfide) groups is 1. The van der Waals surface area contributed by atoms with Crippen molar-refractivity contribution in [2.75, 3.05) is 20.0 Å². The standard InChI is InChI=1S/C23H22N4O4S/c1-13-5-7-16(14(2)9-13)19(28)12-32-23-25-24-22(29)18-11-17(26-27(18)23)15-6-8-20(30-3)21(10-15)31-4/h5-11H,12H2,1-4H3,(H,24,29). The zero-order chi connectivity index (χ0) is 22.8. The molecule has 0 saturated heterocycles. The Balaban J connectivity index is 1.65. The number of methoxy groups -OCH3 is 2. The van der Waals surface area contributed by atoms with Crippen LogP contribution < -0.4 is 15.0 Å². The third-order valence-electron chi connectivity index (χ3n) is 5.07. The predicted molar refractivity (Wildman–Crippen MR) is 123 cm³/mol. The van der Waals surface area contributed by atoms with E-state index in [0.717, 1.165) is 16.7 Å². The summed E-state index contributed by atoms with van der Waals surface area (Å²) in [6.45, 7) is 3.91. The second kappa shape index (κ2) is 8.88. The molecule has 164 valence electrons. The number of benzene rings is 2. The fourth-order valence-corrected chi connectivity index (χ4v) is 4.24. The van der Waals surface area contributed by atoms with Crippen LogP contribution in [0.15, 0.2) is 52.4 Å². The van der Waals surface area contributed by atoms with Gasteiger partial charge < -0.3 is 9.47 Å². The van der Waals surface area contributed by atoms with Crippen LogP contribution in [-0.4, -0.2) is 45.6 Å². The molecule has 0 saturated carbocycles. The topological polar surface area (TPSA) is 98.6 Å². The van der Waals surface area contributed by atoms with Crippen LogP contribution >= 0.6 is 11.8 Å². The van der Waals surface area contributed by atoms with Crippen molar-refractivity contribution in [3.63, 3.8) is 0 Å². The van der Waals surface area contributed by atoms with Gasteiger partial charge in [0.1, 0.15) is 5.52 Å². The van der Waals surface area contributed by atoms with E-state index in [9.17, 15) is 9.59 Å². The first-order chi connectivity index (χ1) is 15.4. The highest BCUT2D eigenvalue weighted by Gasteiger charge is 2.16. The van der Waals surface area contributed by atoms with Crippen molar-refractivity contribution < 1.29 is 14.3 Å². The summed E-state index contributed by atoms with van der Waals surface area (Å²) in [5.74, 6) is 1.31. The second-order valence-corrected chi connectivity index (χ2v) is 8.20. The molecule has 4 aromatic rings. The number of ketones is 1. The maximum absolute atomic E-state index is 12.7. The van der Waals surface area contributed by atoms with Gasteiger partial charge in [0.15, 0.2) is 17.3 Å². The molecule has 1 N–H and O–H groups in total. The molecule has 0 aliphatic carbocycles. The van der Waals surface area contributed by atoms with Crippen molar-refractivity contribution >= 4 is 23.1 Å². The van der Waals surface area contributed by atoms with E-state index in [2.05, 4.69) is 15.3 Å². The van der Waals surface area contributed by atoms with Crippen molar-refractivity contribution in [1.82, 2.24) is 19.8 Å². The number of rotatable bonds is 7. The van der Waals surface area contributed by atoms with E-state index in [-0.39, 0.29) is 17.1 Å². The van der Waals surface area contributed by atoms with Crippen LogP contribution in [-0.2, 0) is 0 Å². The van der Waals surface area contributed by atoms with Crippen LogP contribution in [0.5, 0.6) is 11.5 Å². The molecule has 0 atom stereocenters. The minimum Gasteiger partial charge on any atom is -0.493 e. The van der Waals surface area contributed by atoms with Crippen LogP contribution in [0.3, 0.4) is 0 Å². The molecular weight excluding hydrogens is 428 g/mol. The van der Waals surface area contributed by atoms with Crippen LogP contribution in [0, 0.1) is 13.8 Å². The highest BCUT2D eigenvalue weighted by atomic mass is 32.2. The molecule has 8 nitrogen and oxygen atoms in total. The van der Waals surface area contributed by atoms with E-state index in [1.807, 2.05) is 38.1 Å². The largest absolute Gasteiger partial charge is 0.493 e. The average Bonchev–Trinajstić information content (AvgIpc) is 3.24. The van der Waals surface area contributed by atoms with Crippen molar-refractivity contribution in [3.05, 3.63) is 69.5 Å². The third-order valence-corrected chi connectivity index (χ3v) is 6.00. The van der Waals surface area contributed by atoms with Crippen molar-refractivity contribution in [3.8, 4) is 22.8 Å². The van der Waals surface area contributed by atoms with Crippen molar-refractivity contribution in [2.24, 2.45) is 0 Å². The number of H-pyrrole nitrogens is 1. The number of carbonyl (C=O) groups excluding carboxylic acids is 1. The molecule has 0 radical (unpaired) electrons. The van der Waals surface area contributed by atoms with E-state index in [4.69, 9.17) is 9.47 Å². The first kappa shape index (κ1) is 21.6. The van der Waals surface area contributed by atoms with Gasteiger partial charge in [0.05, 0.1) is 25.7 Å². The van der Waals surface area contributed by atoms with E-state index in [1.165, 1.54) is 16.3 Å². The molecule has 0 aliphatic heterocycles. The monoisotopic (exact) mass is 450 g/mol. The first-order valence-corrected chi connectivity index (χ1v) is 10.8. The number of aromatic amines is 1. The number of fused-ring (bicyclic) bond motifs is 1. The van der Waals surface area contributed by atoms with Gasteiger partial charge in [0.25, 0.3) is 5.56 Å². The number of hydrogen-bond donors (Lipinski definition) is 1. The molecule has 2 heterocycles. The Hall–Kier alpha value is -3.59. The maximum Gasteiger partial charge on any atom is 0.290 e. The summed E-state index contributed by atoms with van der Waals surface area (Å²) in [7, 11) is 3.12. The highest BCUT2D eigenvalue weighted by Crippen LogP contribution is 2.32. The lowest BCUT2D eigenvalue weighted by Gasteiger charge is -2.08. The molecule has 2 aromatic heterocycles. The van der Waals surface area contributed by atoms with Gasteiger partial charge in [-0.1, -0.05) is 35.5 Å². The van der Waals surface area contributed by atoms with Gasteiger partial charge in [0, 0.05) is 11.1 Å². The van der Waals surface area contributed by atoms with Crippen molar-refractivity contribution in [2.45, 2.75) is 19.0 Å². The lowest BCUT2D eigenvalue weighted by Crippen LogP contribution is -2.15. The van der Waals surface area contributed by atoms with Gasteiger partial charge in [-0.05, 0) is 43.7 Å². The third kappa shape index (κ3) is 4.11. The van der Waals surface area contributed by atoms with E-state index >= 15 is 0 Å². The molecular formula is C23H22N4O4S. The summed E-state index contributed by atoms with van der Waals surface area (Å²) in [5.41, 5.74) is 4.02. The maximum atomic E-state index is 12.7. The van der Waals surface area contributed by atoms with Gasteiger partial charge >= 0.3 is 0 Å². The number of nitrogens with one attached hydrogen (secondary N) is 1. The van der Waals surface area contributed by atoms with Gasteiger partial charge in [-0.3, -0.25) is 9.59 Å². The Morgan fingerprint density at radius 2 is 1.84 bits per heavy atom. The number of carbonyl (C=O) groups is 1. The first-order valence-electron chi connectivity index (χ1n) is 9.85. The van der Waals surface area contributed by atoms with Crippen LogP contribution in [0.2, 0.25) is 0 Å². The number of Topliss-reactive ketones (excluding diaryl/α,β-unsaturated/α-hetero) is 1. The minimum absolute atomic E-state index is 0.0130. The second-order valence-electron chi connectivity index (χ2n) is 7.26. The summed E-state index contributed by atoms with van der Waals surface area (Å²) in [5, 5.41) is 11.6. The summed E-state index contributed by atoms with van der Waals surface area (Å²) >= 11 is 1.22. The lowest BCUT2D eigenvalue weighted by molar-refractivity contribution is 0.102. The minimum atomic E-state index is -0.366. The van der Waals surface area contributed by atoms with Crippen LogP contribution in [0.25, 0.3) is 16.8 Å². The van der Waals surface area contributed by atoms with Gasteiger partial charge in [0.2, 0.25) is 5.16 Å². The smallest absolute Gasteiger partial charge is 0.290 e. The quantitative estimate of drug-likeness (QED) is 0.339. The molecule has 0 fully saturated rings. The van der Waals surface area contributed by atoms with Gasteiger partial charge in [-0.15, -0.1) is 5.10 Å². The Labute approximate surface area is 188 Å². The number of hydrogen-bond acceptors (Lipinski definition) is 7. The molecule has 2 aromatic carbocycles. The van der Waals surface area contributed by atoms with Gasteiger partial charge in [-0.2, -0.15) is 5.10 Å². The van der Waals surface area contributed by atoms with Crippen LogP contribution in [0.1, 0.15) is 21.5 Å². The Kier molecular flexibility index (Phi) is 6.00. The Bertz CT molecular complexity index is 1380. The highest BCUT2D eigenvalue weighted by molar-refractivity contribution is 7.99. The molecule has 0 bridgehead atoms. The summed E-state index contributed by atoms with van der Waals surface area (Å²) < 4.78 is 12.1. The lowest BCUT2D eigenvalue weighted by atomic mass is 10.0. The normalized spacial score (nSPS) is 11.0. The zero-order valence-corrected chi connectivity index (χ0v) is 18.9. The molecule has 0 aliphatic rings. The molecule has 0 spiro atoms. The average molecular weight is 451 g/mol. The molecule has 0 unspecified atom stereocenters. The van der Waals surface area contributed by atoms with E-state index in [0.29, 0.717) is 33.4 Å². The molecule has 4 rings (SSSR count).